The molecule has 1 N–H and O–H groups in total. The topological polar surface area (TPSA) is 61.0 Å². The maximum atomic E-state index is 13.8. The Hall–Kier alpha value is -4.13. The first-order valence-corrected chi connectivity index (χ1v) is 11.2. The summed E-state index contributed by atoms with van der Waals surface area (Å²) in [6, 6.07) is 18.5. The highest BCUT2D eigenvalue weighted by atomic mass is 19.1. The molecule has 170 valence electrons. The second-order valence-corrected chi connectivity index (χ2v) is 9.00. The van der Waals surface area contributed by atoms with Gasteiger partial charge in [-0.25, -0.2) is 9.18 Å². The lowest BCUT2D eigenvalue weighted by atomic mass is 9.88. The number of carbonyl (C=O) groups excluding carboxylic acids is 1. The average molecular weight is 455 g/mol. The first kappa shape index (κ1) is 20.5. The molecular formula is C27H23FN4O2. The van der Waals surface area contributed by atoms with Crippen molar-refractivity contribution in [3.8, 4) is 0 Å². The third-order valence-electron chi connectivity index (χ3n) is 6.91. The third-order valence-corrected chi connectivity index (χ3v) is 6.91. The maximum absolute atomic E-state index is 13.8. The molecule has 6 rings (SSSR count). The summed E-state index contributed by atoms with van der Waals surface area (Å²) in [6.45, 7) is 0.518. The number of amides is 1. The molecule has 1 atom stereocenters. The van der Waals surface area contributed by atoms with Gasteiger partial charge in [0.1, 0.15) is 5.82 Å². The fourth-order valence-corrected chi connectivity index (χ4v) is 5.25. The molecule has 0 unspecified atom stereocenters. The van der Waals surface area contributed by atoms with E-state index in [0.29, 0.717) is 13.0 Å². The van der Waals surface area contributed by atoms with Crippen molar-refractivity contribution in [3.63, 3.8) is 0 Å². The number of halogens is 1. The minimum atomic E-state index is -0.261. The molecule has 6 nitrogen and oxygen atoms in total. The summed E-state index contributed by atoms with van der Waals surface area (Å²) in [5.74, 6) is -0.491. The van der Waals surface area contributed by atoms with Crippen LogP contribution in [0.5, 0.6) is 0 Å². The number of carbonyl (C=O) groups is 1. The van der Waals surface area contributed by atoms with E-state index in [-0.39, 0.29) is 23.3 Å². The van der Waals surface area contributed by atoms with E-state index < -0.39 is 0 Å². The van der Waals surface area contributed by atoms with E-state index >= 15 is 0 Å². The van der Waals surface area contributed by atoms with Gasteiger partial charge in [-0.05, 0) is 53.1 Å². The van der Waals surface area contributed by atoms with Crippen LogP contribution in [0.1, 0.15) is 29.0 Å². The van der Waals surface area contributed by atoms with E-state index in [4.69, 9.17) is 0 Å². The minimum Gasteiger partial charge on any atom is -0.343 e. The number of imidazole rings is 1. The van der Waals surface area contributed by atoms with Gasteiger partial charge >= 0.3 is 5.69 Å². The molecule has 0 saturated carbocycles. The molecule has 0 fully saturated rings. The van der Waals surface area contributed by atoms with Crippen molar-refractivity contribution >= 4 is 33.5 Å². The summed E-state index contributed by atoms with van der Waals surface area (Å²) >= 11 is 0. The van der Waals surface area contributed by atoms with Crippen LogP contribution in [0, 0.1) is 5.82 Å². The first-order chi connectivity index (χ1) is 16.4. The molecule has 0 saturated heterocycles. The summed E-state index contributed by atoms with van der Waals surface area (Å²) in [5.41, 5.74) is 6.25. The lowest BCUT2D eigenvalue weighted by Crippen LogP contribution is -2.19. The molecular weight excluding hydrogens is 431 g/mol. The minimum absolute atomic E-state index is 0.0487. The quantitative estimate of drug-likeness (QED) is 0.437. The predicted octanol–water partition coefficient (Wildman–Crippen LogP) is 4.49. The lowest BCUT2D eigenvalue weighted by molar-refractivity contribution is -0.116. The van der Waals surface area contributed by atoms with E-state index in [1.54, 1.807) is 35.4 Å². The zero-order chi connectivity index (χ0) is 23.6. The number of nitrogens with one attached hydrogen (secondary N) is 1. The Bertz CT molecular complexity index is 1670. The van der Waals surface area contributed by atoms with Crippen molar-refractivity contribution in [1.29, 1.82) is 0 Å². The molecule has 2 aromatic heterocycles. The van der Waals surface area contributed by atoms with Gasteiger partial charge in [0.2, 0.25) is 5.91 Å². The number of rotatable bonds is 3. The van der Waals surface area contributed by atoms with Crippen molar-refractivity contribution in [3.05, 3.63) is 99.9 Å². The van der Waals surface area contributed by atoms with Crippen molar-refractivity contribution in [2.45, 2.75) is 18.9 Å². The van der Waals surface area contributed by atoms with E-state index in [1.807, 2.05) is 42.5 Å². The Morgan fingerprint density at radius 1 is 0.941 bits per heavy atom. The van der Waals surface area contributed by atoms with Crippen molar-refractivity contribution < 1.29 is 9.18 Å². The zero-order valence-corrected chi connectivity index (χ0v) is 18.9. The maximum Gasteiger partial charge on any atom is 0.328 e. The summed E-state index contributed by atoms with van der Waals surface area (Å²) in [6.07, 6.45) is 2.37. The molecule has 1 aliphatic rings. The van der Waals surface area contributed by atoms with E-state index in [2.05, 4.69) is 16.1 Å². The fourth-order valence-electron chi connectivity index (χ4n) is 5.25. The lowest BCUT2D eigenvalue weighted by Gasteiger charge is -2.15. The zero-order valence-electron chi connectivity index (χ0n) is 18.9. The van der Waals surface area contributed by atoms with Crippen LogP contribution in [0.2, 0.25) is 0 Å². The van der Waals surface area contributed by atoms with Crippen LogP contribution in [0.3, 0.4) is 0 Å². The molecule has 7 heteroatoms. The van der Waals surface area contributed by atoms with Crippen LogP contribution in [-0.4, -0.2) is 19.6 Å². The van der Waals surface area contributed by atoms with Gasteiger partial charge in [0.15, 0.2) is 0 Å². The van der Waals surface area contributed by atoms with Gasteiger partial charge in [-0.2, -0.15) is 0 Å². The molecule has 3 heterocycles. The van der Waals surface area contributed by atoms with Crippen LogP contribution in [0.15, 0.2) is 71.7 Å². The van der Waals surface area contributed by atoms with Crippen LogP contribution in [0.25, 0.3) is 21.9 Å². The van der Waals surface area contributed by atoms with Gasteiger partial charge in [-0.1, -0.05) is 24.3 Å². The van der Waals surface area contributed by atoms with Crippen molar-refractivity contribution in [2.24, 2.45) is 14.1 Å². The van der Waals surface area contributed by atoms with Gasteiger partial charge in [-0.15, -0.1) is 0 Å². The number of aromatic nitrogens is 3. The van der Waals surface area contributed by atoms with Gasteiger partial charge in [0.25, 0.3) is 0 Å². The normalized spacial score (nSPS) is 15.6. The summed E-state index contributed by atoms with van der Waals surface area (Å²) < 4.78 is 19.2. The predicted molar refractivity (Wildman–Crippen MR) is 131 cm³/mol. The molecule has 1 amide bonds. The fraction of sp³-hybridized carbons (Fsp3) is 0.185. The average Bonchev–Trinajstić information content (AvgIpc) is 3.23. The van der Waals surface area contributed by atoms with E-state index in [0.717, 1.165) is 44.3 Å². The van der Waals surface area contributed by atoms with Crippen LogP contribution < -0.4 is 11.0 Å². The standard InChI is InChI=1S/C27H23FN4O2/c1-30-22-10-9-17(12-24(22)31(2)27(30)34)19-13-25(33)29-21-7-4-8-23-26(21)20(19)15-32(23)14-16-5-3-6-18(28)11-16/h3-12,15,19H,13-14H2,1-2H3,(H,29,33)/t19-/m0/s1. The largest absolute Gasteiger partial charge is 0.343 e. The summed E-state index contributed by atoms with van der Waals surface area (Å²) in [7, 11) is 3.52. The Labute approximate surface area is 194 Å². The van der Waals surface area contributed by atoms with Gasteiger partial charge < -0.3 is 9.88 Å². The highest BCUT2D eigenvalue weighted by molar-refractivity contribution is 6.06. The molecule has 0 radical (unpaired) electrons. The number of hydrogen-bond acceptors (Lipinski definition) is 2. The highest BCUT2D eigenvalue weighted by Gasteiger charge is 2.28. The van der Waals surface area contributed by atoms with E-state index in [9.17, 15) is 14.0 Å². The number of benzene rings is 3. The molecule has 0 aliphatic carbocycles. The Balaban J connectivity index is 1.55. The smallest absolute Gasteiger partial charge is 0.328 e. The monoisotopic (exact) mass is 454 g/mol. The third kappa shape index (κ3) is 3.08. The van der Waals surface area contributed by atoms with Crippen molar-refractivity contribution in [1.82, 2.24) is 13.7 Å². The van der Waals surface area contributed by atoms with Gasteiger partial charge in [0, 0.05) is 44.6 Å². The Morgan fingerprint density at radius 2 is 1.74 bits per heavy atom. The van der Waals surface area contributed by atoms with Gasteiger partial charge in [-0.3, -0.25) is 13.9 Å². The first-order valence-electron chi connectivity index (χ1n) is 11.2. The van der Waals surface area contributed by atoms with Crippen LogP contribution in [-0.2, 0) is 25.4 Å². The SMILES string of the molecule is Cn1c(=O)n(C)c2cc([C@@H]3CC(=O)Nc4cccc5c4c3cn5Cc3cccc(F)c3)ccc21. The highest BCUT2D eigenvalue weighted by Crippen LogP contribution is 2.41. The Kier molecular flexibility index (Phi) is 4.49. The number of hydrogen-bond donors (Lipinski definition) is 1. The number of anilines is 1. The van der Waals surface area contributed by atoms with E-state index in [1.165, 1.54) is 6.07 Å². The molecule has 5 aromatic rings. The summed E-state index contributed by atoms with van der Waals surface area (Å²) in [4.78, 5) is 25.3. The molecule has 3 aromatic carbocycles. The molecule has 34 heavy (non-hydrogen) atoms. The number of aryl methyl sites for hydroxylation is 2. The Morgan fingerprint density at radius 3 is 2.56 bits per heavy atom. The van der Waals surface area contributed by atoms with Crippen LogP contribution >= 0.6 is 0 Å². The number of fused-ring (bicyclic) bond motifs is 1. The van der Waals surface area contributed by atoms with Gasteiger partial charge in [0.05, 0.1) is 22.2 Å². The molecule has 0 spiro atoms. The second kappa shape index (κ2) is 7.45. The van der Waals surface area contributed by atoms with Crippen LogP contribution in [0.4, 0.5) is 10.1 Å². The second-order valence-electron chi connectivity index (χ2n) is 9.00. The molecule has 0 bridgehead atoms. The summed E-state index contributed by atoms with van der Waals surface area (Å²) in [5, 5.41) is 4.06. The number of nitrogens with zero attached hydrogens (tertiary/aromatic N) is 3. The van der Waals surface area contributed by atoms with Crippen molar-refractivity contribution in [2.75, 3.05) is 5.32 Å². The molecule has 1 aliphatic heterocycles.